The molecule has 0 bridgehead atoms. The molecule has 1 aromatic carbocycles. The molecule has 0 aliphatic carbocycles. The number of carbonyl (C=O) groups is 1. The number of hydrogen-bond acceptors (Lipinski definition) is 2. The Balaban J connectivity index is 3.20. The molecule has 0 fully saturated rings. The van der Waals surface area contributed by atoms with Crippen LogP contribution < -0.4 is 5.73 Å². The number of ketones is 1. The summed E-state index contributed by atoms with van der Waals surface area (Å²) in [7, 11) is 0. The molecule has 1 atom stereocenters. The van der Waals surface area contributed by atoms with E-state index in [1.54, 1.807) is 6.07 Å². The minimum atomic E-state index is -0.687. The lowest BCUT2D eigenvalue weighted by atomic mass is 10.1. The van der Waals surface area contributed by atoms with Crippen molar-refractivity contribution < 1.29 is 9.18 Å². The summed E-state index contributed by atoms with van der Waals surface area (Å²) in [6.07, 6.45) is 0. The molecule has 1 unspecified atom stereocenters. The van der Waals surface area contributed by atoms with Crippen LogP contribution in [-0.2, 0) is 0 Å². The molecular weight excluding hydrogens is 237 g/mol. The number of benzene rings is 1. The van der Waals surface area contributed by atoms with Crippen LogP contribution in [0.1, 0.15) is 17.3 Å². The van der Waals surface area contributed by atoms with Gasteiger partial charge < -0.3 is 5.73 Å². The highest BCUT2D eigenvalue weighted by molar-refractivity contribution is 9.10. The molecule has 0 heterocycles. The maximum absolute atomic E-state index is 13.2. The monoisotopic (exact) mass is 245 g/mol. The zero-order chi connectivity index (χ0) is 10.0. The van der Waals surface area contributed by atoms with E-state index >= 15 is 0 Å². The van der Waals surface area contributed by atoms with Crippen LogP contribution in [0.25, 0.3) is 0 Å². The number of carbonyl (C=O) groups excluding carboxylic acids is 1. The van der Waals surface area contributed by atoms with Gasteiger partial charge in [0, 0.05) is 4.47 Å². The summed E-state index contributed by atoms with van der Waals surface area (Å²) in [6, 6.07) is 3.68. The summed E-state index contributed by atoms with van der Waals surface area (Å²) in [4.78, 5) is 11.4. The van der Waals surface area contributed by atoms with Crippen LogP contribution in [0.3, 0.4) is 0 Å². The normalized spacial score (nSPS) is 12.6. The van der Waals surface area contributed by atoms with E-state index in [0.29, 0.717) is 4.47 Å². The Morgan fingerprint density at radius 2 is 2.23 bits per heavy atom. The number of nitrogens with two attached hydrogens (primary N) is 1. The van der Waals surface area contributed by atoms with Gasteiger partial charge in [0.1, 0.15) is 5.82 Å². The summed E-state index contributed by atoms with van der Waals surface area (Å²) in [6.45, 7) is 1.53. The Kier molecular flexibility index (Phi) is 3.17. The fourth-order valence-corrected chi connectivity index (χ4v) is 1.50. The third-order valence-electron chi connectivity index (χ3n) is 1.62. The van der Waals surface area contributed by atoms with E-state index in [0.717, 1.165) is 0 Å². The highest BCUT2D eigenvalue weighted by Crippen LogP contribution is 2.20. The van der Waals surface area contributed by atoms with E-state index in [1.165, 1.54) is 19.1 Å². The van der Waals surface area contributed by atoms with Gasteiger partial charge in [-0.2, -0.15) is 0 Å². The molecule has 2 N–H and O–H groups in total. The Bertz CT molecular complexity index is 318. The molecule has 1 aromatic rings. The molecule has 0 amide bonds. The molecule has 0 aromatic heterocycles. The predicted octanol–water partition coefficient (Wildman–Crippen LogP) is 2.12. The summed E-state index contributed by atoms with van der Waals surface area (Å²) >= 11 is 3.10. The van der Waals surface area contributed by atoms with Crippen molar-refractivity contribution in [2.75, 3.05) is 0 Å². The van der Waals surface area contributed by atoms with Gasteiger partial charge in [-0.1, -0.05) is 6.07 Å². The van der Waals surface area contributed by atoms with Crippen LogP contribution in [0.5, 0.6) is 0 Å². The first-order chi connectivity index (χ1) is 6.04. The topological polar surface area (TPSA) is 43.1 Å². The van der Waals surface area contributed by atoms with Crippen LogP contribution in [-0.4, -0.2) is 11.8 Å². The van der Waals surface area contributed by atoms with Crippen molar-refractivity contribution in [1.82, 2.24) is 0 Å². The predicted molar refractivity (Wildman–Crippen MR) is 52.1 cm³/mol. The Hall–Kier alpha value is -0.740. The van der Waals surface area contributed by atoms with E-state index in [-0.39, 0.29) is 5.56 Å². The Morgan fingerprint density at radius 1 is 1.62 bits per heavy atom. The quantitative estimate of drug-likeness (QED) is 0.812. The summed E-state index contributed by atoms with van der Waals surface area (Å²) < 4.78 is 13.6. The van der Waals surface area contributed by atoms with E-state index in [9.17, 15) is 9.18 Å². The van der Waals surface area contributed by atoms with Gasteiger partial charge in [-0.25, -0.2) is 4.39 Å². The molecule has 13 heavy (non-hydrogen) atoms. The SMILES string of the molecule is CC(N)C(=O)c1c(F)cccc1Br. The second-order valence-corrected chi connectivity index (χ2v) is 3.60. The van der Waals surface area contributed by atoms with Crippen molar-refractivity contribution in [1.29, 1.82) is 0 Å². The number of rotatable bonds is 2. The van der Waals surface area contributed by atoms with Crippen molar-refractivity contribution in [3.8, 4) is 0 Å². The Labute approximate surface area is 84.1 Å². The van der Waals surface area contributed by atoms with Gasteiger partial charge in [-0.05, 0) is 35.0 Å². The van der Waals surface area contributed by atoms with Gasteiger partial charge in [0.25, 0.3) is 0 Å². The fraction of sp³-hybridized carbons (Fsp3) is 0.222. The zero-order valence-electron chi connectivity index (χ0n) is 7.05. The summed E-state index contributed by atoms with van der Waals surface area (Å²) in [5.74, 6) is -0.943. The lowest BCUT2D eigenvalue weighted by Crippen LogP contribution is -2.27. The minimum absolute atomic E-state index is 0.0255. The number of hydrogen-bond donors (Lipinski definition) is 1. The molecule has 0 aliphatic rings. The van der Waals surface area contributed by atoms with Crippen molar-refractivity contribution in [3.63, 3.8) is 0 Å². The average Bonchev–Trinajstić information content (AvgIpc) is 2.03. The summed E-state index contributed by atoms with van der Waals surface area (Å²) in [5, 5.41) is 0. The lowest BCUT2D eigenvalue weighted by Gasteiger charge is -2.07. The van der Waals surface area contributed by atoms with Crippen LogP contribution in [0.2, 0.25) is 0 Å². The van der Waals surface area contributed by atoms with Crippen LogP contribution >= 0.6 is 15.9 Å². The van der Waals surface area contributed by atoms with E-state index in [4.69, 9.17) is 5.73 Å². The van der Waals surface area contributed by atoms with Crippen LogP contribution in [0, 0.1) is 5.82 Å². The van der Waals surface area contributed by atoms with E-state index in [2.05, 4.69) is 15.9 Å². The average molecular weight is 246 g/mol. The van der Waals surface area contributed by atoms with Crippen LogP contribution in [0.4, 0.5) is 4.39 Å². The molecule has 0 saturated carbocycles. The molecular formula is C9H9BrFNO. The van der Waals surface area contributed by atoms with Crippen molar-refractivity contribution in [3.05, 3.63) is 34.1 Å². The van der Waals surface area contributed by atoms with E-state index in [1.807, 2.05) is 0 Å². The first-order valence-corrected chi connectivity index (χ1v) is 4.57. The molecule has 0 saturated heterocycles. The van der Waals surface area contributed by atoms with Gasteiger partial charge in [-0.15, -0.1) is 0 Å². The third-order valence-corrected chi connectivity index (χ3v) is 2.28. The van der Waals surface area contributed by atoms with Crippen molar-refractivity contribution >= 4 is 21.7 Å². The smallest absolute Gasteiger partial charge is 0.183 e. The Morgan fingerprint density at radius 3 is 2.69 bits per heavy atom. The maximum Gasteiger partial charge on any atom is 0.183 e. The largest absolute Gasteiger partial charge is 0.321 e. The van der Waals surface area contributed by atoms with Crippen molar-refractivity contribution in [2.24, 2.45) is 5.73 Å². The second-order valence-electron chi connectivity index (χ2n) is 2.75. The van der Waals surface area contributed by atoms with E-state index < -0.39 is 17.6 Å². The number of Topliss-reactive ketones (excluding diaryl/α,β-unsaturated/α-hetero) is 1. The third kappa shape index (κ3) is 2.14. The van der Waals surface area contributed by atoms with Gasteiger partial charge in [-0.3, -0.25) is 4.79 Å². The zero-order valence-corrected chi connectivity index (χ0v) is 8.64. The summed E-state index contributed by atoms with van der Waals surface area (Å²) in [5.41, 5.74) is 5.39. The van der Waals surface area contributed by atoms with Crippen LogP contribution in [0.15, 0.2) is 22.7 Å². The fourth-order valence-electron chi connectivity index (χ4n) is 0.961. The molecule has 2 nitrogen and oxygen atoms in total. The molecule has 0 radical (unpaired) electrons. The molecule has 1 rings (SSSR count). The second kappa shape index (κ2) is 3.98. The standard InChI is InChI=1S/C9H9BrFNO/c1-5(12)9(13)8-6(10)3-2-4-7(8)11/h2-5H,12H2,1H3. The first-order valence-electron chi connectivity index (χ1n) is 3.78. The first kappa shape index (κ1) is 10.3. The lowest BCUT2D eigenvalue weighted by molar-refractivity contribution is 0.0963. The maximum atomic E-state index is 13.2. The van der Waals surface area contributed by atoms with Gasteiger partial charge in [0.2, 0.25) is 0 Å². The molecule has 0 spiro atoms. The molecule has 70 valence electrons. The number of halogens is 2. The molecule has 0 aliphatic heterocycles. The van der Waals surface area contributed by atoms with Gasteiger partial charge in [0.05, 0.1) is 11.6 Å². The highest BCUT2D eigenvalue weighted by Gasteiger charge is 2.18. The van der Waals surface area contributed by atoms with Gasteiger partial charge >= 0.3 is 0 Å². The highest BCUT2D eigenvalue weighted by atomic mass is 79.9. The molecule has 4 heteroatoms. The van der Waals surface area contributed by atoms with Crippen molar-refractivity contribution in [2.45, 2.75) is 13.0 Å². The van der Waals surface area contributed by atoms with Gasteiger partial charge in [0.15, 0.2) is 5.78 Å². The minimum Gasteiger partial charge on any atom is -0.321 e.